The Morgan fingerprint density at radius 2 is 1.00 bits per heavy atom. The van der Waals surface area contributed by atoms with Gasteiger partial charge in [0.25, 0.3) is 0 Å². The molecule has 2 aromatic heterocycles. The van der Waals surface area contributed by atoms with Crippen LogP contribution in [-0.4, -0.2) is 9.55 Å². The molecule has 10 rings (SSSR count). The first-order valence-corrected chi connectivity index (χ1v) is 16.6. The smallest absolute Gasteiger partial charge is 0.145 e. The van der Waals surface area contributed by atoms with Gasteiger partial charge in [-0.1, -0.05) is 170 Å². The van der Waals surface area contributed by atoms with E-state index in [2.05, 4.69) is 187 Å². The summed E-state index contributed by atoms with van der Waals surface area (Å²) in [5.41, 5.74) is 11.8. The Labute approximate surface area is 279 Å². The average molecular weight is 611 g/mol. The molecule has 0 saturated heterocycles. The van der Waals surface area contributed by atoms with Crippen LogP contribution in [0.4, 0.5) is 0 Å². The molecule has 9 aromatic rings. The molecule has 1 aliphatic rings. The number of rotatable bonds is 4. The monoisotopic (exact) mass is 610 g/mol. The van der Waals surface area contributed by atoms with Crippen LogP contribution in [0, 0.1) is 0 Å². The summed E-state index contributed by atoms with van der Waals surface area (Å²) >= 11 is 0. The summed E-state index contributed by atoms with van der Waals surface area (Å²) in [6, 6.07) is 63.9. The van der Waals surface area contributed by atoms with Gasteiger partial charge in [-0.2, -0.15) is 0 Å². The third-order valence-electron chi connectivity index (χ3n) is 10.3. The molecule has 48 heavy (non-hydrogen) atoms. The quantitative estimate of drug-likeness (QED) is 0.194. The van der Waals surface area contributed by atoms with E-state index < -0.39 is 5.41 Å². The van der Waals surface area contributed by atoms with Crippen molar-refractivity contribution in [2.75, 3.05) is 0 Å². The van der Waals surface area contributed by atoms with Crippen LogP contribution < -0.4 is 0 Å². The molecular formula is C46H30N2. The Morgan fingerprint density at radius 1 is 0.417 bits per heavy atom. The Morgan fingerprint density at radius 3 is 1.73 bits per heavy atom. The molecule has 0 bridgehead atoms. The Balaban J connectivity index is 1.39. The van der Waals surface area contributed by atoms with E-state index in [0.29, 0.717) is 0 Å². The van der Waals surface area contributed by atoms with Crippen molar-refractivity contribution in [1.82, 2.24) is 9.55 Å². The summed E-state index contributed by atoms with van der Waals surface area (Å²) in [4.78, 5) is 5.32. The Hall–Kier alpha value is -6.25. The Kier molecular flexibility index (Phi) is 5.82. The number of hydrogen-bond acceptors (Lipinski definition) is 1. The molecule has 2 heterocycles. The zero-order chi connectivity index (χ0) is 31.7. The molecule has 0 unspecified atom stereocenters. The van der Waals surface area contributed by atoms with Gasteiger partial charge in [0.05, 0.1) is 16.4 Å². The maximum Gasteiger partial charge on any atom is 0.145 e. The first-order chi connectivity index (χ1) is 23.9. The van der Waals surface area contributed by atoms with Gasteiger partial charge >= 0.3 is 0 Å². The van der Waals surface area contributed by atoms with Crippen LogP contribution in [0.15, 0.2) is 182 Å². The van der Waals surface area contributed by atoms with Gasteiger partial charge in [-0.15, -0.1) is 0 Å². The van der Waals surface area contributed by atoms with E-state index in [4.69, 9.17) is 4.98 Å². The highest BCUT2D eigenvalue weighted by atomic mass is 15.1. The minimum absolute atomic E-state index is 0.476. The van der Waals surface area contributed by atoms with E-state index in [9.17, 15) is 0 Å². The third kappa shape index (κ3) is 3.60. The van der Waals surface area contributed by atoms with Crippen LogP contribution in [0.2, 0.25) is 0 Å². The highest BCUT2D eigenvalue weighted by Gasteiger charge is 2.47. The van der Waals surface area contributed by atoms with E-state index >= 15 is 0 Å². The fourth-order valence-electron chi connectivity index (χ4n) is 8.40. The number of hydrogen-bond donors (Lipinski definition) is 0. The molecular weight excluding hydrogens is 581 g/mol. The van der Waals surface area contributed by atoms with Crippen molar-refractivity contribution < 1.29 is 0 Å². The zero-order valence-electron chi connectivity index (χ0n) is 26.2. The van der Waals surface area contributed by atoms with E-state index in [0.717, 1.165) is 22.3 Å². The predicted molar refractivity (Wildman–Crippen MR) is 199 cm³/mol. The molecule has 2 heteroatoms. The predicted octanol–water partition coefficient (Wildman–Crippen LogP) is 11.4. The van der Waals surface area contributed by atoms with Gasteiger partial charge in [0.2, 0.25) is 0 Å². The normalized spacial score (nSPS) is 13.2. The molecule has 0 radical (unpaired) electrons. The largest absolute Gasteiger partial charge is 0.293 e. The first kappa shape index (κ1) is 26.9. The molecule has 224 valence electrons. The number of aromatic nitrogens is 2. The van der Waals surface area contributed by atoms with Crippen molar-refractivity contribution in [3.63, 3.8) is 0 Å². The van der Waals surface area contributed by atoms with Gasteiger partial charge in [-0.05, 0) is 44.8 Å². The molecule has 0 saturated carbocycles. The maximum atomic E-state index is 5.32. The highest BCUT2D eigenvalue weighted by Crippen LogP contribution is 2.58. The number of para-hydroxylation sites is 1. The zero-order valence-corrected chi connectivity index (χ0v) is 26.2. The van der Waals surface area contributed by atoms with E-state index in [1.54, 1.807) is 0 Å². The van der Waals surface area contributed by atoms with Gasteiger partial charge in [0.15, 0.2) is 0 Å². The molecule has 0 atom stereocenters. The van der Waals surface area contributed by atoms with Crippen LogP contribution in [0.1, 0.15) is 22.3 Å². The average Bonchev–Trinajstić information content (AvgIpc) is 3.66. The summed E-state index contributed by atoms with van der Waals surface area (Å²) in [5, 5.41) is 4.77. The second-order valence-electron chi connectivity index (χ2n) is 12.7. The van der Waals surface area contributed by atoms with Crippen molar-refractivity contribution in [2.45, 2.75) is 5.41 Å². The second kappa shape index (κ2) is 10.4. The van der Waals surface area contributed by atoms with Crippen molar-refractivity contribution in [1.29, 1.82) is 0 Å². The molecule has 0 aliphatic heterocycles. The highest BCUT2D eigenvalue weighted by molar-refractivity contribution is 6.17. The summed E-state index contributed by atoms with van der Waals surface area (Å²) in [6.07, 6.45) is 2.06. The molecule has 0 fully saturated rings. The van der Waals surface area contributed by atoms with E-state index in [-0.39, 0.29) is 0 Å². The van der Waals surface area contributed by atoms with Gasteiger partial charge in [-0.25, -0.2) is 4.98 Å². The maximum absolute atomic E-state index is 5.32. The first-order valence-electron chi connectivity index (χ1n) is 16.6. The second-order valence-corrected chi connectivity index (χ2v) is 12.7. The summed E-state index contributed by atoms with van der Waals surface area (Å²) in [6.45, 7) is 0. The lowest BCUT2D eigenvalue weighted by molar-refractivity contribution is 0.769. The molecule has 1 aliphatic carbocycles. The topological polar surface area (TPSA) is 17.8 Å². The number of benzene rings is 7. The standard InChI is InChI=1S/C46H30N2/c1-4-16-31(17-5-1)39-30-47-45(37-24-11-10-22-34(37)39)48-42-27-15-13-23-35(42)36-28-29-41-43(44(36)48)38-25-12-14-26-40(38)46(41,32-18-6-2-7-19-32)33-20-8-3-9-21-33/h1-30H. The molecule has 0 amide bonds. The fraction of sp³-hybridized carbons (Fsp3) is 0.0217. The Bertz CT molecular complexity index is 2610. The minimum atomic E-state index is -0.476. The SMILES string of the molecule is c1ccc(-c2cnc(-n3c4ccccc4c4ccc5c(c43)-c3ccccc3C5(c3ccccc3)c3ccccc3)c3ccccc23)cc1. The van der Waals surface area contributed by atoms with Crippen LogP contribution >= 0.6 is 0 Å². The van der Waals surface area contributed by atoms with Crippen LogP contribution in [0.25, 0.3) is 60.6 Å². The lowest BCUT2D eigenvalue weighted by Gasteiger charge is -2.33. The van der Waals surface area contributed by atoms with E-state index in [1.807, 2.05) is 0 Å². The van der Waals surface area contributed by atoms with Crippen molar-refractivity contribution in [3.05, 3.63) is 204 Å². The van der Waals surface area contributed by atoms with E-state index in [1.165, 1.54) is 60.6 Å². The lowest BCUT2D eigenvalue weighted by Crippen LogP contribution is -2.28. The molecule has 2 nitrogen and oxygen atoms in total. The lowest BCUT2D eigenvalue weighted by atomic mass is 9.67. The van der Waals surface area contributed by atoms with Crippen LogP contribution in [-0.2, 0) is 5.41 Å². The van der Waals surface area contributed by atoms with Crippen molar-refractivity contribution >= 4 is 32.6 Å². The summed E-state index contributed by atoms with van der Waals surface area (Å²) < 4.78 is 2.43. The summed E-state index contributed by atoms with van der Waals surface area (Å²) in [5.74, 6) is 0.944. The molecule has 7 aromatic carbocycles. The van der Waals surface area contributed by atoms with Gasteiger partial charge in [-0.3, -0.25) is 4.57 Å². The molecule has 0 N–H and O–H groups in total. The van der Waals surface area contributed by atoms with Gasteiger partial charge in [0.1, 0.15) is 5.82 Å². The van der Waals surface area contributed by atoms with Gasteiger partial charge < -0.3 is 0 Å². The van der Waals surface area contributed by atoms with Crippen molar-refractivity contribution in [3.8, 4) is 28.1 Å². The molecule has 0 spiro atoms. The fourth-order valence-corrected chi connectivity index (χ4v) is 8.40. The van der Waals surface area contributed by atoms with Crippen LogP contribution in [0.3, 0.4) is 0 Å². The van der Waals surface area contributed by atoms with Crippen LogP contribution in [0.5, 0.6) is 0 Å². The number of nitrogens with zero attached hydrogens (tertiary/aromatic N) is 2. The summed E-state index contributed by atoms with van der Waals surface area (Å²) in [7, 11) is 0. The minimum Gasteiger partial charge on any atom is -0.293 e. The van der Waals surface area contributed by atoms with Gasteiger partial charge in [0, 0.05) is 33.5 Å². The number of pyridine rings is 1. The third-order valence-corrected chi connectivity index (χ3v) is 10.3. The number of fused-ring (bicyclic) bond motifs is 8. The van der Waals surface area contributed by atoms with Crippen molar-refractivity contribution in [2.24, 2.45) is 0 Å².